The van der Waals surface area contributed by atoms with Gasteiger partial charge >= 0.3 is 5.97 Å². The Morgan fingerprint density at radius 1 is 1.14 bits per heavy atom. The third kappa shape index (κ3) is 3.78. The van der Waals surface area contributed by atoms with E-state index in [4.69, 9.17) is 23.2 Å². The molecule has 0 spiro atoms. The highest BCUT2D eigenvalue weighted by Gasteiger charge is 2.34. The van der Waals surface area contributed by atoms with Crippen molar-refractivity contribution in [1.29, 1.82) is 0 Å². The molecular formula is C14H12BrCl2NO3. The number of aliphatic carboxylic acids is 1. The van der Waals surface area contributed by atoms with Crippen molar-refractivity contribution in [3.05, 3.63) is 38.8 Å². The molecule has 0 heterocycles. The van der Waals surface area contributed by atoms with Crippen molar-refractivity contribution in [3.8, 4) is 0 Å². The van der Waals surface area contributed by atoms with Gasteiger partial charge in [0.2, 0.25) is 5.91 Å². The zero-order valence-corrected chi connectivity index (χ0v) is 13.9. The van der Waals surface area contributed by atoms with Crippen molar-refractivity contribution >= 4 is 56.7 Å². The number of amides is 1. The van der Waals surface area contributed by atoms with E-state index < -0.39 is 23.7 Å². The lowest BCUT2D eigenvalue weighted by Gasteiger charge is -2.24. The Kier molecular flexibility index (Phi) is 5.30. The van der Waals surface area contributed by atoms with Crippen LogP contribution in [0.1, 0.15) is 12.8 Å². The lowest BCUT2D eigenvalue weighted by Crippen LogP contribution is -2.34. The zero-order valence-electron chi connectivity index (χ0n) is 10.8. The number of nitrogens with one attached hydrogen (secondary N) is 1. The van der Waals surface area contributed by atoms with Gasteiger partial charge in [0.25, 0.3) is 0 Å². The lowest BCUT2D eigenvalue weighted by molar-refractivity contribution is -0.146. The number of carbonyl (C=O) groups is 2. The van der Waals surface area contributed by atoms with Gasteiger partial charge in [-0.05, 0) is 25.0 Å². The van der Waals surface area contributed by atoms with Gasteiger partial charge in [0.05, 0.1) is 27.6 Å². The normalized spacial score (nSPS) is 21.1. The maximum absolute atomic E-state index is 12.3. The van der Waals surface area contributed by atoms with Crippen LogP contribution >= 0.6 is 39.1 Å². The summed E-state index contributed by atoms with van der Waals surface area (Å²) in [5.74, 6) is -2.74. The molecule has 2 atom stereocenters. The van der Waals surface area contributed by atoms with Crippen LogP contribution in [0.3, 0.4) is 0 Å². The van der Waals surface area contributed by atoms with Crippen molar-refractivity contribution in [1.82, 2.24) is 0 Å². The Morgan fingerprint density at radius 3 is 2.19 bits per heavy atom. The molecule has 0 bridgehead atoms. The summed E-state index contributed by atoms with van der Waals surface area (Å²) >= 11 is 15.4. The van der Waals surface area contributed by atoms with Crippen molar-refractivity contribution in [2.45, 2.75) is 12.8 Å². The minimum Gasteiger partial charge on any atom is -0.481 e. The number of anilines is 1. The first-order chi connectivity index (χ1) is 9.90. The van der Waals surface area contributed by atoms with Crippen molar-refractivity contribution in [2.75, 3.05) is 5.32 Å². The fourth-order valence-corrected chi connectivity index (χ4v) is 3.56. The number of carbonyl (C=O) groups excluding carboxylic acids is 1. The Bertz CT molecular complexity index is 595. The molecule has 0 unspecified atom stereocenters. The van der Waals surface area contributed by atoms with E-state index in [1.165, 1.54) is 0 Å². The SMILES string of the molecule is O=C(O)[C@H]1CC=CC[C@H]1C(=O)Nc1c(Cl)cc(Br)cc1Cl. The topological polar surface area (TPSA) is 66.4 Å². The van der Waals surface area contributed by atoms with Crippen LogP contribution in [0.5, 0.6) is 0 Å². The van der Waals surface area contributed by atoms with Crippen molar-refractivity contribution < 1.29 is 14.7 Å². The number of hydrogen-bond donors (Lipinski definition) is 2. The summed E-state index contributed by atoms with van der Waals surface area (Å²) in [4.78, 5) is 23.6. The number of benzene rings is 1. The minimum absolute atomic E-state index is 0.293. The summed E-state index contributed by atoms with van der Waals surface area (Å²) in [5, 5.41) is 12.4. The molecule has 112 valence electrons. The molecule has 21 heavy (non-hydrogen) atoms. The quantitative estimate of drug-likeness (QED) is 0.751. The van der Waals surface area contributed by atoms with Crippen LogP contribution in [0.15, 0.2) is 28.8 Å². The lowest BCUT2D eigenvalue weighted by atomic mass is 9.82. The number of allylic oxidation sites excluding steroid dienone is 2. The third-order valence-corrected chi connectivity index (χ3v) is 4.40. The molecule has 1 aliphatic carbocycles. The summed E-state index contributed by atoms with van der Waals surface area (Å²) in [6.07, 6.45) is 4.32. The van der Waals surface area contributed by atoms with Gasteiger partial charge in [-0.25, -0.2) is 0 Å². The molecule has 0 aromatic heterocycles. The van der Waals surface area contributed by atoms with E-state index in [0.29, 0.717) is 33.0 Å². The van der Waals surface area contributed by atoms with Crippen molar-refractivity contribution in [2.24, 2.45) is 11.8 Å². The standard InChI is InChI=1S/C14H12BrCl2NO3/c15-7-5-10(16)12(11(17)6-7)18-13(19)8-3-1-2-4-9(8)14(20)21/h1-2,5-6,8-9H,3-4H2,(H,18,19)(H,20,21)/t8-,9+/m1/s1. The predicted octanol–water partition coefficient (Wildman–Crippen LogP) is 4.36. The van der Waals surface area contributed by atoms with Crippen LogP contribution in [0.2, 0.25) is 10.0 Å². The number of halogens is 3. The van der Waals surface area contributed by atoms with Gasteiger partial charge in [-0.1, -0.05) is 51.3 Å². The Hall–Kier alpha value is -1.04. The Labute approximate surface area is 140 Å². The molecule has 4 nitrogen and oxygen atoms in total. The van der Waals surface area contributed by atoms with Crippen LogP contribution in [-0.2, 0) is 9.59 Å². The summed E-state index contributed by atoms with van der Waals surface area (Å²) in [5.41, 5.74) is 0.297. The van der Waals surface area contributed by atoms with E-state index in [0.717, 1.165) is 0 Å². The fourth-order valence-electron chi connectivity index (χ4n) is 2.25. The van der Waals surface area contributed by atoms with Gasteiger partial charge < -0.3 is 10.4 Å². The van der Waals surface area contributed by atoms with E-state index in [1.807, 2.05) is 6.08 Å². The molecule has 1 amide bonds. The molecule has 0 saturated carbocycles. The molecule has 0 aliphatic heterocycles. The number of hydrogen-bond acceptors (Lipinski definition) is 2. The molecule has 1 aliphatic rings. The van der Waals surface area contributed by atoms with Gasteiger partial charge in [-0.2, -0.15) is 0 Å². The zero-order chi connectivity index (χ0) is 15.6. The van der Waals surface area contributed by atoms with Crippen LogP contribution in [0.4, 0.5) is 5.69 Å². The molecule has 7 heteroatoms. The number of carboxylic acid groups (broad SMARTS) is 1. The first-order valence-corrected chi connectivity index (χ1v) is 7.78. The Morgan fingerprint density at radius 2 is 1.67 bits per heavy atom. The fraction of sp³-hybridized carbons (Fsp3) is 0.286. The van der Waals surface area contributed by atoms with Gasteiger partial charge in [0, 0.05) is 4.47 Å². The second-order valence-electron chi connectivity index (χ2n) is 4.73. The molecule has 2 N–H and O–H groups in total. The number of carboxylic acids is 1. The third-order valence-electron chi connectivity index (χ3n) is 3.34. The van der Waals surface area contributed by atoms with E-state index in [-0.39, 0.29) is 0 Å². The first kappa shape index (κ1) is 16.3. The second kappa shape index (κ2) is 6.81. The average molecular weight is 393 g/mol. The smallest absolute Gasteiger partial charge is 0.307 e. The van der Waals surface area contributed by atoms with Crippen LogP contribution in [0, 0.1) is 11.8 Å². The van der Waals surface area contributed by atoms with E-state index >= 15 is 0 Å². The molecule has 1 aromatic rings. The summed E-state index contributed by atoms with van der Waals surface area (Å²) in [6, 6.07) is 3.22. The van der Waals surface area contributed by atoms with Gasteiger partial charge in [0.15, 0.2) is 0 Å². The maximum atomic E-state index is 12.3. The highest BCUT2D eigenvalue weighted by molar-refractivity contribution is 9.10. The van der Waals surface area contributed by atoms with Crippen LogP contribution in [0.25, 0.3) is 0 Å². The summed E-state index contributed by atoms with van der Waals surface area (Å²) in [6.45, 7) is 0. The predicted molar refractivity (Wildman–Crippen MR) is 85.8 cm³/mol. The second-order valence-corrected chi connectivity index (χ2v) is 6.46. The Balaban J connectivity index is 2.21. The van der Waals surface area contributed by atoms with E-state index in [1.54, 1.807) is 18.2 Å². The average Bonchev–Trinajstić information content (AvgIpc) is 2.42. The highest BCUT2D eigenvalue weighted by Crippen LogP contribution is 2.35. The van der Waals surface area contributed by atoms with Gasteiger partial charge in [0.1, 0.15) is 0 Å². The minimum atomic E-state index is -0.979. The van der Waals surface area contributed by atoms with Crippen molar-refractivity contribution in [3.63, 3.8) is 0 Å². The molecule has 0 fully saturated rings. The first-order valence-electron chi connectivity index (χ1n) is 6.23. The molecule has 0 saturated heterocycles. The largest absolute Gasteiger partial charge is 0.481 e. The van der Waals surface area contributed by atoms with E-state index in [2.05, 4.69) is 21.2 Å². The monoisotopic (exact) mass is 391 g/mol. The summed E-state index contributed by atoms with van der Waals surface area (Å²) < 4.78 is 0.694. The van der Waals surface area contributed by atoms with Gasteiger partial charge in [-0.3, -0.25) is 9.59 Å². The van der Waals surface area contributed by atoms with Crippen LogP contribution in [-0.4, -0.2) is 17.0 Å². The molecule has 1 aromatic carbocycles. The highest BCUT2D eigenvalue weighted by atomic mass is 79.9. The molecule has 0 radical (unpaired) electrons. The van der Waals surface area contributed by atoms with Gasteiger partial charge in [-0.15, -0.1) is 0 Å². The van der Waals surface area contributed by atoms with Crippen LogP contribution < -0.4 is 5.32 Å². The molecule has 2 rings (SSSR count). The number of rotatable bonds is 3. The molecular weight excluding hydrogens is 381 g/mol. The van der Waals surface area contributed by atoms with E-state index in [9.17, 15) is 14.7 Å². The maximum Gasteiger partial charge on any atom is 0.307 e. The summed E-state index contributed by atoms with van der Waals surface area (Å²) in [7, 11) is 0.